The predicted octanol–water partition coefficient (Wildman–Crippen LogP) is 4.16. The van der Waals surface area contributed by atoms with Crippen LogP contribution >= 0.6 is 23.2 Å². The van der Waals surface area contributed by atoms with Gasteiger partial charge in [0.15, 0.2) is 0 Å². The lowest BCUT2D eigenvalue weighted by molar-refractivity contribution is -0.139. The van der Waals surface area contributed by atoms with Gasteiger partial charge < -0.3 is 10.2 Å². The summed E-state index contributed by atoms with van der Waals surface area (Å²) in [5.41, 5.74) is 2.37. The molecule has 2 amide bonds. The van der Waals surface area contributed by atoms with Gasteiger partial charge in [-0.1, -0.05) is 41.4 Å². The third-order valence-electron chi connectivity index (χ3n) is 5.64. The highest BCUT2D eigenvalue weighted by Crippen LogP contribution is 2.28. The minimum absolute atomic E-state index is 0.0767. The zero-order valence-corrected chi connectivity index (χ0v) is 24.0. The van der Waals surface area contributed by atoms with Crippen molar-refractivity contribution in [3.8, 4) is 0 Å². The Morgan fingerprint density at radius 3 is 2.11 bits per heavy atom. The molecule has 0 aromatic heterocycles. The van der Waals surface area contributed by atoms with Gasteiger partial charge in [0, 0.05) is 42.3 Å². The molecule has 0 aliphatic carbocycles. The summed E-state index contributed by atoms with van der Waals surface area (Å²) in [6.45, 7) is 8.23. The third-order valence-corrected chi connectivity index (χ3v) is 8.15. The molecule has 0 fully saturated rings. The zero-order chi connectivity index (χ0) is 27.4. The van der Waals surface area contributed by atoms with E-state index in [4.69, 9.17) is 23.2 Å². The molecule has 0 heterocycles. The molecule has 0 saturated heterocycles. The van der Waals surface area contributed by atoms with Crippen molar-refractivity contribution in [1.29, 1.82) is 0 Å². The zero-order valence-electron chi connectivity index (χ0n) is 21.7. The van der Waals surface area contributed by atoms with Gasteiger partial charge in [-0.05, 0) is 63.9 Å². The summed E-state index contributed by atoms with van der Waals surface area (Å²) in [5.74, 6) is -0.959. The number of nitrogens with zero attached hydrogens (tertiary/aromatic N) is 3. The molecule has 11 heteroatoms. The van der Waals surface area contributed by atoms with E-state index in [9.17, 15) is 18.0 Å². The van der Waals surface area contributed by atoms with Gasteiger partial charge in [-0.2, -0.15) is 12.7 Å². The molecule has 0 aliphatic heterocycles. The fourth-order valence-electron chi connectivity index (χ4n) is 3.53. The molecular weight excluding hydrogens is 523 g/mol. The van der Waals surface area contributed by atoms with E-state index >= 15 is 0 Å². The van der Waals surface area contributed by atoms with Crippen molar-refractivity contribution >= 4 is 50.9 Å². The maximum atomic E-state index is 13.8. The quantitative estimate of drug-likeness (QED) is 0.475. The Bertz CT molecular complexity index is 1200. The molecular formula is C25H34Cl2N4O4S. The van der Waals surface area contributed by atoms with Crippen LogP contribution in [-0.2, 0) is 26.3 Å². The molecule has 36 heavy (non-hydrogen) atoms. The van der Waals surface area contributed by atoms with Crippen LogP contribution in [0.4, 0.5) is 5.69 Å². The number of hydrogen-bond donors (Lipinski definition) is 1. The molecule has 2 aromatic rings. The van der Waals surface area contributed by atoms with Crippen molar-refractivity contribution < 1.29 is 18.0 Å². The summed E-state index contributed by atoms with van der Waals surface area (Å²) in [5, 5.41) is 3.48. The van der Waals surface area contributed by atoms with Crippen LogP contribution in [0.5, 0.6) is 0 Å². The Balaban J connectivity index is 2.57. The number of carbonyl (C=O) groups is 2. The number of benzene rings is 2. The average molecular weight is 558 g/mol. The smallest absolute Gasteiger partial charge is 0.304 e. The Morgan fingerprint density at radius 2 is 1.58 bits per heavy atom. The summed E-state index contributed by atoms with van der Waals surface area (Å²) >= 11 is 12.7. The second kappa shape index (κ2) is 12.3. The Hall–Kier alpha value is -2.33. The van der Waals surface area contributed by atoms with Crippen LogP contribution in [0.2, 0.25) is 10.0 Å². The molecule has 8 nitrogen and oxygen atoms in total. The minimum atomic E-state index is -4.05. The second-order valence-electron chi connectivity index (χ2n) is 9.15. The number of halogens is 2. The molecule has 0 unspecified atom stereocenters. The molecule has 1 N–H and O–H groups in total. The monoisotopic (exact) mass is 556 g/mol. The lowest BCUT2D eigenvalue weighted by Gasteiger charge is -2.34. The first-order valence-electron chi connectivity index (χ1n) is 11.5. The van der Waals surface area contributed by atoms with Crippen LogP contribution in [0.15, 0.2) is 36.4 Å². The van der Waals surface area contributed by atoms with E-state index in [1.165, 1.54) is 19.0 Å². The topological polar surface area (TPSA) is 90.0 Å². The van der Waals surface area contributed by atoms with Gasteiger partial charge in [-0.15, -0.1) is 0 Å². The van der Waals surface area contributed by atoms with E-state index in [0.29, 0.717) is 26.9 Å². The summed E-state index contributed by atoms with van der Waals surface area (Å²) < 4.78 is 28.8. The van der Waals surface area contributed by atoms with Gasteiger partial charge in [-0.25, -0.2) is 4.31 Å². The van der Waals surface area contributed by atoms with E-state index in [1.54, 1.807) is 44.2 Å². The number of hydrogen-bond acceptors (Lipinski definition) is 4. The van der Waals surface area contributed by atoms with E-state index in [-0.39, 0.29) is 18.5 Å². The Kier molecular flexibility index (Phi) is 10.2. The maximum Gasteiger partial charge on any atom is 0.304 e. The van der Waals surface area contributed by atoms with Gasteiger partial charge >= 0.3 is 10.2 Å². The van der Waals surface area contributed by atoms with Crippen LogP contribution in [0.3, 0.4) is 0 Å². The molecule has 0 radical (unpaired) electrons. The van der Waals surface area contributed by atoms with Crippen molar-refractivity contribution in [2.24, 2.45) is 0 Å². The van der Waals surface area contributed by atoms with Gasteiger partial charge in [0.2, 0.25) is 11.8 Å². The van der Waals surface area contributed by atoms with E-state index in [2.05, 4.69) is 5.32 Å². The Morgan fingerprint density at radius 1 is 1.00 bits per heavy atom. The lowest BCUT2D eigenvalue weighted by atomic mass is 10.1. The number of carbonyl (C=O) groups excluding carboxylic acids is 2. The SMILES string of the molecule is Cc1ccc(C)c(N(CC(=O)N(Cc2c(Cl)cccc2Cl)[C@H](C)C(=O)NC(C)C)S(=O)(=O)N(C)C)c1. The van der Waals surface area contributed by atoms with Crippen LogP contribution in [0, 0.1) is 13.8 Å². The van der Waals surface area contributed by atoms with Crippen molar-refractivity contribution in [1.82, 2.24) is 14.5 Å². The molecule has 0 spiro atoms. The molecule has 0 bridgehead atoms. The Labute approximate surface area is 224 Å². The first-order chi connectivity index (χ1) is 16.7. The summed E-state index contributed by atoms with van der Waals surface area (Å²) in [4.78, 5) is 28.0. The second-order valence-corrected chi connectivity index (χ2v) is 12.0. The van der Waals surface area contributed by atoms with Crippen molar-refractivity contribution in [2.45, 2.75) is 53.2 Å². The molecule has 198 valence electrons. The number of rotatable bonds is 10. The highest BCUT2D eigenvalue weighted by atomic mass is 35.5. The number of nitrogens with one attached hydrogen (secondary N) is 1. The van der Waals surface area contributed by atoms with Crippen LogP contribution in [-0.4, -0.2) is 62.2 Å². The average Bonchev–Trinajstić information content (AvgIpc) is 2.77. The van der Waals surface area contributed by atoms with Crippen molar-refractivity contribution in [3.63, 3.8) is 0 Å². The van der Waals surface area contributed by atoms with E-state index in [1.807, 2.05) is 26.8 Å². The van der Waals surface area contributed by atoms with Crippen LogP contribution in [0.1, 0.15) is 37.5 Å². The number of aryl methyl sites for hydroxylation is 2. The lowest BCUT2D eigenvalue weighted by Crippen LogP contribution is -2.53. The first kappa shape index (κ1) is 29.9. The summed E-state index contributed by atoms with van der Waals surface area (Å²) in [7, 11) is -1.25. The molecule has 2 aromatic carbocycles. The van der Waals surface area contributed by atoms with E-state index in [0.717, 1.165) is 14.2 Å². The van der Waals surface area contributed by atoms with Crippen LogP contribution < -0.4 is 9.62 Å². The fraction of sp³-hybridized carbons (Fsp3) is 0.440. The number of amides is 2. The highest BCUT2D eigenvalue weighted by Gasteiger charge is 2.34. The molecule has 2 rings (SSSR count). The standard InChI is InChI=1S/C25H34Cl2N4O4S/c1-16(2)28-25(33)19(5)30(14-20-21(26)9-8-10-22(20)27)24(32)15-31(36(34,35)29(6)7)23-13-17(3)11-12-18(23)4/h8-13,16,19H,14-15H2,1-7H3,(H,28,33)/t19-/m1/s1. The van der Waals surface area contributed by atoms with Crippen LogP contribution in [0.25, 0.3) is 0 Å². The maximum absolute atomic E-state index is 13.8. The molecule has 0 saturated carbocycles. The largest absolute Gasteiger partial charge is 0.352 e. The van der Waals surface area contributed by atoms with E-state index < -0.39 is 28.7 Å². The summed E-state index contributed by atoms with van der Waals surface area (Å²) in [6.07, 6.45) is 0. The third kappa shape index (κ3) is 7.12. The molecule has 0 aliphatic rings. The van der Waals surface area contributed by atoms with Crippen molar-refractivity contribution in [2.75, 3.05) is 24.9 Å². The fourth-order valence-corrected chi connectivity index (χ4v) is 5.16. The van der Waals surface area contributed by atoms with Gasteiger partial charge in [0.1, 0.15) is 12.6 Å². The van der Waals surface area contributed by atoms with Gasteiger partial charge in [0.05, 0.1) is 5.69 Å². The predicted molar refractivity (Wildman–Crippen MR) is 146 cm³/mol. The van der Waals surface area contributed by atoms with Gasteiger partial charge in [-0.3, -0.25) is 9.59 Å². The normalized spacial score (nSPS) is 12.5. The molecule has 1 atom stereocenters. The van der Waals surface area contributed by atoms with Crippen molar-refractivity contribution in [3.05, 3.63) is 63.1 Å². The minimum Gasteiger partial charge on any atom is -0.352 e. The first-order valence-corrected chi connectivity index (χ1v) is 13.6. The summed E-state index contributed by atoms with van der Waals surface area (Å²) in [6, 6.07) is 9.27. The number of anilines is 1. The van der Waals surface area contributed by atoms with Gasteiger partial charge in [0.25, 0.3) is 0 Å². The highest BCUT2D eigenvalue weighted by molar-refractivity contribution is 7.90.